The van der Waals surface area contributed by atoms with Crippen LogP contribution in [0.1, 0.15) is 53.9 Å². The van der Waals surface area contributed by atoms with Gasteiger partial charge in [0.2, 0.25) is 0 Å². The van der Waals surface area contributed by atoms with Crippen LogP contribution in [0, 0.1) is 5.92 Å². The van der Waals surface area contributed by atoms with Crippen molar-refractivity contribution < 1.29 is 9.53 Å². The summed E-state index contributed by atoms with van der Waals surface area (Å²) in [7, 11) is 0. The van der Waals surface area contributed by atoms with Crippen molar-refractivity contribution in [2.45, 2.75) is 38.5 Å². The molecule has 1 saturated heterocycles. The minimum absolute atomic E-state index is 0.000434. The van der Waals surface area contributed by atoms with Crippen LogP contribution in [-0.4, -0.2) is 52.1 Å². The van der Waals surface area contributed by atoms with E-state index >= 15 is 0 Å². The molecular formula is C22H26N4O2S. The monoisotopic (exact) mass is 410 g/mol. The number of pyridine rings is 1. The smallest absolute Gasteiger partial charge is 0.283 e. The summed E-state index contributed by atoms with van der Waals surface area (Å²) in [4.78, 5) is 27.2. The third-order valence-corrected chi connectivity index (χ3v) is 7.13. The third-order valence-electron chi connectivity index (χ3n) is 6.30. The van der Waals surface area contributed by atoms with Crippen molar-refractivity contribution in [2.24, 2.45) is 5.92 Å². The van der Waals surface area contributed by atoms with Crippen LogP contribution in [0.25, 0.3) is 22.3 Å². The largest absolute Gasteiger partial charge is 0.378 e. The highest BCUT2D eigenvalue weighted by Gasteiger charge is 2.23. The van der Waals surface area contributed by atoms with Crippen LogP contribution in [0.2, 0.25) is 0 Å². The number of thiazole rings is 1. The molecule has 6 nitrogen and oxygen atoms in total. The summed E-state index contributed by atoms with van der Waals surface area (Å²) in [5, 5.41) is 3.61. The Labute approximate surface area is 174 Å². The zero-order valence-corrected chi connectivity index (χ0v) is 17.5. The Morgan fingerprint density at radius 2 is 2.03 bits per heavy atom. The summed E-state index contributed by atoms with van der Waals surface area (Å²) in [5.74, 6) is 1.43. The molecule has 7 heteroatoms. The van der Waals surface area contributed by atoms with E-state index in [1.165, 1.54) is 42.6 Å². The van der Waals surface area contributed by atoms with Crippen LogP contribution in [0.4, 0.5) is 0 Å². The summed E-state index contributed by atoms with van der Waals surface area (Å²) in [5.41, 5.74) is 4.07. The van der Waals surface area contributed by atoms with Gasteiger partial charge in [-0.1, -0.05) is 19.8 Å². The van der Waals surface area contributed by atoms with Crippen molar-refractivity contribution in [1.82, 2.24) is 19.9 Å². The molecule has 3 aromatic heterocycles. The second kappa shape index (κ2) is 7.88. The Bertz CT molecular complexity index is 1010. The molecule has 2 aliphatic rings. The lowest BCUT2D eigenvalue weighted by Crippen LogP contribution is -2.40. The quantitative estimate of drug-likeness (QED) is 0.692. The number of rotatable bonds is 3. The number of hydrogen-bond acceptors (Lipinski definition) is 5. The molecular weight excluding hydrogens is 384 g/mol. The van der Waals surface area contributed by atoms with Crippen molar-refractivity contribution in [3.63, 3.8) is 0 Å². The molecule has 2 fully saturated rings. The van der Waals surface area contributed by atoms with E-state index < -0.39 is 0 Å². The van der Waals surface area contributed by atoms with E-state index in [-0.39, 0.29) is 5.91 Å². The molecule has 5 rings (SSSR count). The number of nitrogens with one attached hydrogen (secondary N) is 1. The number of aromatic nitrogens is 3. The summed E-state index contributed by atoms with van der Waals surface area (Å²) >= 11 is 1.41. The Morgan fingerprint density at radius 3 is 2.83 bits per heavy atom. The van der Waals surface area contributed by atoms with Crippen LogP contribution in [0.3, 0.4) is 0 Å². The van der Waals surface area contributed by atoms with Crippen molar-refractivity contribution >= 4 is 28.3 Å². The minimum Gasteiger partial charge on any atom is -0.378 e. The Morgan fingerprint density at radius 1 is 1.24 bits per heavy atom. The zero-order chi connectivity index (χ0) is 19.8. The first kappa shape index (κ1) is 18.8. The van der Waals surface area contributed by atoms with E-state index in [4.69, 9.17) is 4.74 Å². The zero-order valence-electron chi connectivity index (χ0n) is 16.7. The lowest BCUT2D eigenvalue weighted by Gasteiger charge is -2.26. The number of ether oxygens (including phenoxy) is 1. The fourth-order valence-corrected chi connectivity index (χ4v) is 5.23. The van der Waals surface area contributed by atoms with Gasteiger partial charge in [0, 0.05) is 41.8 Å². The van der Waals surface area contributed by atoms with Gasteiger partial charge in [-0.2, -0.15) is 0 Å². The standard InChI is InChI=1S/C22H26N4O2S/c1-14-2-4-15(5-3-14)16-10-17-18(12-24-20(17)23-11-16)19-13-29-21(25-19)22(27)26-6-8-28-9-7-26/h10-15H,2-9H2,1H3,(H,23,24). The molecule has 0 spiro atoms. The predicted molar refractivity (Wildman–Crippen MR) is 114 cm³/mol. The number of fused-ring (bicyclic) bond motifs is 1. The van der Waals surface area contributed by atoms with Crippen molar-refractivity contribution in [1.29, 1.82) is 0 Å². The van der Waals surface area contributed by atoms with E-state index in [9.17, 15) is 4.79 Å². The van der Waals surface area contributed by atoms with Gasteiger partial charge in [-0.05, 0) is 36.3 Å². The highest BCUT2D eigenvalue weighted by atomic mass is 32.1. The molecule has 1 N–H and O–H groups in total. The van der Waals surface area contributed by atoms with Gasteiger partial charge in [0.1, 0.15) is 5.65 Å². The van der Waals surface area contributed by atoms with E-state index in [0.29, 0.717) is 37.2 Å². The number of morpholine rings is 1. The average molecular weight is 411 g/mol. The molecule has 0 unspecified atom stereocenters. The van der Waals surface area contributed by atoms with E-state index in [0.717, 1.165) is 28.2 Å². The molecule has 3 aromatic rings. The molecule has 29 heavy (non-hydrogen) atoms. The van der Waals surface area contributed by atoms with Gasteiger partial charge in [-0.15, -0.1) is 11.3 Å². The maximum atomic E-state index is 12.7. The van der Waals surface area contributed by atoms with Crippen molar-refractivity contribution in [2.75, 3.05) is 26.3 Å². The lowest BCUT2D eigenvalue weighted by atomic mass is 9.80. The lowest BCUT2D eigenvalue weighted by molar-refractivity contribution is 0.0303. The normalized spacial score (nSPS) is 22.9. The van der Waals surface area contributed by atoms with Gasteiger partial charge < -0.3 is 14.6 Å². The van der Waals surface area contributed by atoms with Crippen LogP contribution in [0.5, 0.6) is 0 Å². The predicted octanol–water partition coefficient (Wildman–Crippen LogP) is 4.45. The van der Waals surface area contributed by atoms with Crippen LogP contribution in [0.15, 0.2) is 23.8 Å². The summed E-state index contributed by atoms with van der Waals surface area (Å²) in [6, 6.07) is 2.28. The fourth-order valence-electron chi connectivity index (χ4n) is 4.45. The van der Waals surface area contributed by atoms with Crippen molar-refractivity contribution in [3.8, 4) is 11.3 Å². The summed E-state index contributed by atoms with van der Waals surface area (Å²) < 4.78 is 5.34. The number of H-pyrrole nitrogens is 1. The van der Waals surface area contributed by atoms with Crippen LogP contribution in [-0.2, 0) is 4.74 Å². The second-order valence-electron chi connectivity index (χ2n) is 8.27. The molecule has 1 aliphatic carbocycles. The molecule has 4 heterocycles. The first-order chi connectivity index (χ1) is 14.2. The van der Waals surface area contributed by atoms with E-state index in [1.807, 2.05) is 22.7 Å². The third kappa shape index (κ3) is 3.69. The molecule has 0 atom stereocenters. The molecule has 1 amide bonds. The van der Waals surface area contributed by atoms with Gasteiger partial charge in [0.15, 0.2) is 5.01 Å². The first-order valence-corrected chi connectivity index (χ1v) is 11.4. The van der Waals surface area contributed by atoms with Gasteiger partial charge in [0.05, 0.1) is 18.9 Å². The van der Waals surface area contributed by atoms with E-state index in [2.05, 4.69) is 27.9 Å². The second-order valence-corrected chi connectivity index (χ2v) is 9.12. The van der Waals surface area contributed by atoms with Crippen LogP contribution < -0.4 is 0 Å². The molecule has 0 aromatic carbocycles. The maximum Gasteiger partial charge on any atom is 0.283 e. The molecule has 0 radical (unpaired) electrons. The Kier molecular flexibility index (Phi) is 5.09. The summed E-state index contributed by atoms with van der Waals surface area (Å²) in [6.45, 7) is 4.81. The minimum atomic E-state index is -0.000434. The van der Waals surface area contributed by atoms with Gasteiger partial charge in [0.25, 0.3) is 5.91 Å². The van der Waals surface area contributed by atoms with Crippen molar-refractivity contribution in [3.05, 3.63) is 34.4 Å². The summed E-state index contributed by atoms with van der Waals surface area (Å²) in [6.07, 6.45) is 9.05. The molecule has 152 valence electrons. The fraction of sp³-hybridized carbons (Fsp3) is 0.500. The highest BCUT2D eigenvalue weighted by molar-refractivity contribution is 7.12. The number of carbonyl (C=O) groups is 1. The number of nitrogens with zero attached hydrogens (tertiary/aromatic N) is 3. The van der Waals surface area contributed by atoms with E-state index in [1.54, 1.807) is 0 Å². The first-order valence-electron chi connectivity index (χ1n) is 10.5. The molecule has 1 aliphatic heterocycles. The average Bonchev–Trinajstić information content (AvgIpc) is 3.41. The van der Waals surface area contributed by atoms with Gasteiger partial charge in [-0.3, -0.25) is 4.79 Å². The Balaban J connectivity index is 1.42. The number of amides is 1. The SMILES string of the molecule is CC1CCC(c2cnc3[nH]cc(-c4csc(C(=O)N5CCOCC5)n4)c3c2)CC1. The number of hydrogen-bond donors (Lipinski definition) is 1. The maximum absolute atomic E-state index is 12.7. The molecule has 0 bridgehead atoms. The number of aromatic amines is 1. The van der Waals surface area contributed by atoms with Gasteiger partial charge in [-0.25, -0.2) is 9.97 Å². The molecule has 1 saturated carbocycles. The Hall–Kier alpha value is -2.25. The van der Waals surface area contributed by atoms with Crippen LogP contribution >= 0.6 is 11.3 Å². The number of carbonyl (C=O) groups excluding carboxylic acids is 1. The topological polar surface area (TPSA) is 71.1 Å². The van der Waals surface area contributed by atoms with Gasteiger partial charge >= 0.3 is 0 Å². The highest BCUT2D eigenvalue weighted by Crippen LogP contribution is 2.37.